The van der Waals surface area contributed by atoms with Gasteiger partial charge in [0, 0.05) is 30.9 Å². The van der Waals surface area contributed by atoms with Gasteiger partial charge in [-0.25, -0.2) is 14.8 Å². The summed E-state index contributed by atoms with van der Waals surface area (Å²) in [6.07, 6.45) is 3.22. The molecule has 2 aromatic rings. The highest BCUT2D eigenvalue weighted by Crippen LogP contribution is 2.19. The highest BCUT2D eigenvalue weighted by molar-refractivity contribution is 5.90. The summed E-state index contributed by atoms with van der Waals surface area (Å²) in [6.45, 7) is 3.40. The molecule has 0 bridgehead atoms. The molecule has 132 valence electrons. The molecule has 7 heteroatoms. The second-order valence-corrected chi connectivity index (χ2v) is 6.10. The van der Waals surface area contributed by atoms with E-state index in [1.54, 1.807) is 13.2 Å². The fourth-order valence-electron chi connectivity index (χ4n) is 2.87. The predicted molar refractivity (Wildman–Crippen MR) is 97.0 cm³/mol. The van der Waals surface area contributed by atoms with E-state index in [0.29, 0.717) is 19.0 Å². The van der Waals surface area contributed by atoms with Crippen molar-refractivity contribution in [2.45, 2.75) is 25.8 Å². The number of carbonyl (C=O) groups is 1. The Morgan fingerprint density at radius 1 is 1.24 bits per heavy atom. The monoisotopic (exact) mass is 341 g/mol. The Kier molecular flexibility index (Phi) is 5.33. The van der Waals surface area contributed by atoms with Crippen molar-refractivity contribution in [3.63, 3.8) is 0 Å². The van der Waals surface area contributed by atoms with Crippen LogP contribution in [0.4, 0.5) is 16.3 Å². The molecule has 2 heterocycles. The Bertz CT molecular complexity index is 729. The number of hydrogen-bond donors (Lipinski definition) is 2. The van der Waals surface area contributed by atoms with Crippen LogP contribution in [0.5, 0.6) is 5.88 Å². The van der Waals surface area contributed by atoms with Gasteiger partial charge >= 0.3 is 6.03 Å². The second-order valence-electron chi connectivity index (χ2n) is 6.10. The lowest BCUT2D eigenvalue weighted by atomic mass is 10.1. The minimum Gasteiger partial charge on any atom is -0.481 e. The maximum atomic E-state index is 12.4. The SMILES string of the molecule is COc1cc(NC2CCN(C(=O)Nc3ccccc3C)CC2)ncn1. The second kappa shape index (κ2) is 7.83. The highest BCUT2D eigenvalue weighted by Gasteiger charge is 2.23. The van der Waals surface area contributed by atoms with E-state index in [4.69, 9.17) is 4.74 Å². The van der Waals surface area contributed by atoms with E-state index in [1.807, 2.05) is 36.1 Å². The number of nitrogens with one attached hydrogen (secondary N) is 2. The number of anilines is 2. The van der Waals surface area contributed by atoms with Crippen LogP contribution < -0.4 is 15.4 Å². The fraction of sp³-hybridized carbons (Fsp3) is 0.389. The van der Waals surface area contributed by atoms with Crippen molar-refractivity contribution in [2.24, 2.45) is 0 Å². The number of likely N-dealkylation sites (tertiary alicyclic amines) is 1. The number of methoxy groups -OCH3 is 1. The zero-order chi connectivity index (χ0) is 17.6. The lowest BCUT2D eigenvalue weighted by Gasteiger charge is -2.32. The van der Waals surface area contributed by atoms with Crippen LogP contribution in [-0.4, -0.2) is 47.1 Å². The average Bonchev–Trinajstić information content (AvgIpc) is 2.64. The average molecular weight is 341 g/mol. The van der Waals surface area contributed by atoms with E-state index >= 15 is 0 Å². The lowest BCUT2D eigenvalue weighted by molar-refractivity contribution is 0.197. The van der Waals surface area contributed by atoms with Crippen LogP contribution in [-0.2, 0) is 0 Å². The maximum Gasteiger partial charge on any atom is 0.321 e. The summed E-state index contributed by atoms with van der Waals surface area (Å²) in [4.78, 5) is 22.5. The first-order valence-corrected chi connectivity index (χ1v) is 8.40. The van der Waals surface area contributed by atoms with E-state index in [9.17, 15) is 4.79 Å². The largest absolute Gasteiger partial charge is 0.481 e. The number of rotatable bonds is 4. The molecule has 1 saturated heterocycles. The minimum absolute atomic E-state index is 0.0449. The van der Waals surface area contributed by atoms with Gasteiger partial charge in [-0.15, -0.1) is 0 Å². The Morgan fingerprint density at radius 2 is 2.00 bits per heavy atom. The van der Waals surface area contributed by atoms with Crippen molar-refractivity contribution in [1.29, 1.82) is 0 Å². The summed E-state index contributed by atoms with van der Waals surface area (Å²) in [5, 5.41) is 6.37. The molecule has 0 saturated carbocycles. The zero-order valence-electron chi connectivity index (χ0n) is 14.5. The number of ether oxygens (including phenoxy) is 1. The van der Waals surface area contributed by atoms with Crippen molar-refractivity contribution in [3.8, 4) is 5.88 Å². The van der Waals surface area contributed by atoms with Crippen LogP contribution in [0.3, 0.4) is 0 Å². The lowest BCUT2D eigenvalue weighted by Crippen LogP contribution is -2.44. The summed E-state index contributed by atoms with van der Waals surface area (Å²) in [6, 6.07) is 9.81. The topological polar surface area (TPSA) is 79.4 Å². The van der Waals surface area contributed by atoms with Crippen molar-refractivity contribution in [1.82, 2.24) is 14.9 Å². The van der Waals surface area contributed by atoms with Crippen LogP contribution in [0.2, 0.25) is 0 Å². The van der Waals surface area contributed by atoms with Gasteiger partial charge in [-0.2, -0.15) is 0 Å². The van der Waals surface area contributed by atoms with E-state index in [-0.39, 0.29) is 12.1 Å². The molecule has 25 heavy (non-hydrogen) atoms. The summed E-state index contributed by atoms with van der Waals surface area (Å²) < 4.78 is 5.11. The van der Waals surface area contributed by atoms with Crippen molar-refractivity contribution < 1.29 is 9.53 Å². The molecule has 3 rings (SSSR count). The first-order chi connectivity index (χ1) is 12.2. The Hall–Kier alpha value is -2.83. The molecule has 0 aliphatic carbocycles. The Balaban J connectivity index is 1.51. The summed E-state index contributed by atoms with van der Waals surface area (Å²) >= 11 is 0. The maximum absolute atomic E-state index is 12.4. The first-order valence-electron chi connectivity index (χ1n) is 8.40. The number of hydrogen-bond acceptors (Lipinski definition) is 5. The third-order valence-electron chi connectivity index (χ3n) is 4.37. The molecule has 0 radical (unpaired) electrons. The van der Waals surface area contributed by atoms with Crippen LogP contribution in [0.15, 0.2) is 36.7 Å². The molecule has 2 N–H and O–H groups in total. The molecule has 0 atom stereocenters. The molecule has 0 unspecified atom stereocenters. The Morgan fingerprint density at radius 3 is 2.72 bits per heavy atom. The number of nitrogens with zero attached hydrogens (tertiary/aromatic N) is 3. The quantitative estimate of drug-likeness (QED) is 0.894. The Labute approximate surface area is 147 Å². The molecule has 2 amide bonds. The van der Waals surface area contributed by atoms with Gasteiger partial charge in [0.05, 0.1) is 7.11 Å². The van der Waals surface area contributed by atoms with Crippen LogP contribution in [0, 0.1) is 6.92 Å². The van der Waals surface area contributed by atoms with Gasteiger partial charge in [0.1, 0.15) is 12.1 Å². The number of piperidine rings is 1. The molecule has 0 spiro atoms. The molecule has 1 aromatic heterocycles. The normalized spacial score (nSPS) is 14.9. The van der Waals surface area contributed by atoms with Gasteiger partial charge in [-0.05, 0) is 31.4 Å². The molecule has 1 aliphatic heterocycles. The van der Waals surface area contributed by atoms with Crippen LogP contribution >= 0.6 is 0 Å². The van der Waals surface area contributed by atoms with Crippen molar-refractivity contribution in [2.75, 3.05) is 30.8 Å². The molecular weight excluding hydrogens is 318 g/mol. The van der Waals surface area contributed by atoms with E-state index in [1.165, 1.54) is 6.33 Å². The molecular formula is C18H23N5O2. The van der Waals surface area contributed by atoms with E-state index in [2.05, 4.69) is 20.6 Å². The van der Waals surface area contributed by atoms with Crippen molar-refractivity contribution in [3.05, 3.63) is 42.2 Å². The standard InChI is InChI=1S/C18H23N5O2/c1-13-5-3-4-6-15(13)22-18(24)23-9-7-14(8-10-23)21-16-11-17(25-2)20-12-19-16/h3-6,11-12,14H,7-10H2,1-2H3,(H,22,24)(H,19,20,21). The number of carbonyl (C=O) groups excluding carboxylic acids is 1. The summed E-state index contributed by atoms with van der Waals surface area (Å²) in [5.74, 6) is 1.28. The van der Waals surface area contributed by atoms with E-state index in [0.717, 1.165) is 29.9 Å². The predicted octanol–water partition coefficient (Wildman–Crippen LogP) is 2.90. The summed E-state index contributed by atoms with van der Waals surface area (Å²) in [5.41, 5.74) is 1.92. The van der Waals surface area contributed by atoms with Gasteiger partial charge in [0.25, 0.3) is 0 Å². The summed E-state index contributed by atoms with van der Waals surface area (Å²) in [7, 11) is 1.58. The third kappa shape index (κ3) is 4.37. The number of aryl methyl sites for hydroxylation is 1. The van der Waals surface area contributed by atoms with Crippen LogP contribution in [0.1, 0.15) is 18.4 Å². The number of urea groups is 1. The molecule has 1 fully saturated rings. The smallest absolute Gasteiger partial charge is 0.321 e. The number of benzene rings is 1. The van der Waals surface area contributed by atoms with Gasteiger partial charge < -0.3 is 20.3 Å². The zero-order valence-corrected chi connectivity index (χ0v) is 14.5. The van der Waals surface area contributed by atoms with E-state index < -0.39 is 0 Å². The van der Waals surface area contributed by atoms with Gasteiger partial charge in [-0.1, -0.05) is 18.2 Å². The molecule has 1 aromatic carbocycles. The fourth-order valence-corrected chi connectivity index (χ4v) is 2.87. The van der Waals surface area contributed by atoms with Gasteiger partial charge in [0.15, 0.2) is 0 Å². The number of amides is 2. The minimum atomic E-state index is -0.0449. The first kappa shape index (κ1) is 17.0. The highest BCUT2D eigenvalue weighted by atomic mass is 16.5. The molecule has 1 aliphatic rings. The van der Waals surface area contributed by atoms with Crippen LogP contribution in [0.25, 0.3) is 0 Å². The third-order valence-corrected chi connectivity index (χ3v) is 4.37. The van der Waals surface area contributed by atoms with Crippen molar-refractivity contribution >= 4 is 17.5 Å². The number of para-hydroxylation sites is 1. The van der Waals surface area contributed by atoms with Gasteiger partial charge in [-0.3, -0.25) is 0 Å². The van der Waals surface area contributed by atoms with Gasteiger partial charge in [0.2, 0.25) is 5.88 Å². The number of aromatic nitrogens is 2. The molecule has 7 nitrogen and oxygen atoms in total.